The van der Waals surface area contributed by atoms with Crippen molar-refractivity contribution in [3.8, 4) is 0 Å². The first kappa shape index (κ1) is 15.0. The Hall–Kier alpha value is -2.39. The van der Waals surface area contributed by atoms with E-state index in [9.17, 15) is 18.5 Å². The maximum atomic E-state index is 12.2. The van der Waals surface area contributed by atoms with Gasteiger partial charge in [-0.15, -0.1) is 0 Å². The van der Waals surface area contributed by atoms with Crippen LogP contribution in [0.15, 0.2) is 39.6 Å². The van der Waals surface area contributed by atoms with Crippen molar-refractivity contribution < 1.29 is 17.8 Å². The lowest BCUT2D eigenvalue weighted by atomic mass is 10.3. The molecule has 1 aromatic heterocycles. The zero-order chi connectivity index (χ0) is 15.6. The Kier molecular flexibility index (Phi) is 3.96. The zero-order valence-corrected chi connectivity index (χ0v) is 11.9. The van der Waals surface area contributed by atoms with Gasteiger partial charge >= 0.3 is 5.69 Å². The van der Waals surface area contributed by atoms with E-state index >= 15 is 0 Å². The molecule has 0 unspecified atom stereocenters. The number of nitrogens with zero attached hydrogens (tertiary/aromatic N) is 1. The highest BCUT2D eigenvalue weighted by molar-refractivity contribution is 7.89. The van der Waals surface area contributed by atoms with E-state index in [-0.39, 0.29) is 12.2 Å². The number of nitrogens with one attached hydrogen (secondary N) is 1. The van der Waals surface area contributed by atoms with Crippen LogP contribution in [-0.2, 0) is 16.6 Å². The number of nitro groups is 1. The molecule has 8 nitrogen and oxygen atoms in total. The van der Waals surface area contributed by atoms with E-state index in [0.717, 1.165) is 6.07 Å². The first-order chi connectivity index (χ1) is 9.81. The van der Waals surface area contributed by atoms with E-state index in [2.05, 4.69) is 4.72 Å². The number of nitrogen functional groups attached to an aromatic ring is 1. The van der Waals surface area contributed by atoms with Crippen LogP contribution in [0, 0.1) is 17.0 Å². The number of hydrogen-bond acceptors (Lipinski definition) is 6. The fourth-order valence-corrected chi connectivity index (χ4v) is 2.97. The molecule has 1 aromatic carbocycles. The molecule has 0 saturated heterocycles. The van der Waals surface area contributed by atoms with E-state index < -0.39 is 25.5 Å². The lowest BCUT2D eigenvalue weighted by molar-refractivity contribution is -0.386. The number of rotatable bonds is 5. The van der Waals surface area contributed by atoms with Crippen LogP contribution in [0.5, 0.6) is 0 Å². The van der Waals surface area contributed by atoms with Gasteiger partial charge in [-0.05, 0) is 31.2 Å². The van der Waals surface area contributed by atoms with Gasteiger partial charge in [0.15, 0.2) is 4.90 Å². The maximum absolute atomic E-state index is 12.2. The highest BCUT2D eigenvalue weighted by Gasteiger charge is 2.28. The number of furan rings is 1. The van der Waals surface area contributed by atoms with Crippen molar-refractivity contribution in [1.29, 1.82) is 0 Å². The Morgan fingerprint density at radius 3 is 2.62 bits per heavy atom. The molecule has 0 spiro atoms. The molecule has 1 heterocycles. The zero-order valence-electron chi connectivity index (χ0n) is 11.1. The van der Waals surface area contributed by atoms with E-state index in [1.807, 2.05) is 0 Å². The SMILES string of the molecule is Cc1ccc(CNS(=O)(=O)c2cccc(N)c2[N+](=O)[O-])o1. The largest absolute Gasteiger partial charge is 0.465 e. The molecule has 0 bridgehead atoms. The van der Waals surface area contributed by atoms with Gasteiger partial charge < -0.3 is 10.2 Å². The summed E-state index contributed by atoms with van der Waals surface area (Å²) in [6.45, 7) is 1.61. The van der Waals surface area contributed by atoms with Crippen LogP contribution in [0.4, 0.5) is 11.4 Å². The van der Waals surface area contributed by atoms with Gasteiger partial charge in [-0.25, -0.2) is 13.1 Å². The summed E-state index contributed by atoms with van der Waals surface area (Å²) in [6.07, 6.45) is 0. The smallest absolute Gasteiger partial charge is 0.312 e. The molecule has 0 aliphatic heterocycles. The fraction of sp³-hybridized carbons (Fsp3) is 0.167. The molecule has 0 aliphatic rings. The minimum absolute atomic E-state index is 0.109. The van der Waals surface area contributed by atoms with Crippen molar-refractivity contribution in [3.63, 3.8) is 0 Å². The second kappa shape index (κ2) is 5.54. The molecule has 0 aliphatic carbocycles. The summed E-state index contributed by atoms with van der Waals surface area (Å²) in [4.78, 5) is 9.69. The Morgan fingerprint density at radius 1 is 1.33 bits per heavy atom. The summed E-state index contributed by atoms with van der Waals surface area (Å²) >= 11 is 0. The molecular weight excluding hydrogens is 298 g/mol. The molecule has 0 radical (unpaired) electrons. The minimum Gasteiger partial charge on any atom is -0.465 e. The quantitative estimate of drug-likeness (QED) is 0.490. The monoisotopic (exact) mass is 311 g/mol. The predicted molar refractivity (Wildman–Crippen MR) is 75.0 cm³/mol. The fourth-order valence-electron chi connectivity index (χ4n) is 1.78. The number of benzene rings is 1. The molecule has 112 valence electrons. The van der Waals surface area contributed by atoms with Crippen molar-refractivity contribution in [2.24, 2.45) is 0 Å². The molecule has 3 N–H and O–H groups in total. The van der Waals surface area contributed by atoms with Crippen LogP contribution in [0.2, 0.25) is 0 Å². The van der Waals surface area contributed by atoms with E-state index in [1.54, 1.807) is 19.1 Å². The third kappa shape index (κ3) is 3.20. The van der Waals surface area contributed by atoms with Gasteiger partial charge in [0.1, 0.15) is 17.2 Å². The molecule has 2 rings (SSSR count). The summed E-state index contributed by atoms with van der Waals surface area (Å²) in [7, 11) is -4.08. The number of sulfonamides is 1. The predicted octanol–water partition coefficient (Wildman–Crippen LogP) is 1.56. The molecule has 0 fully saturated rings. The standard InChI is InChI=1S/C12H13N3O5S/c1-8-5-6-9(20-8)7-14-21(18,19)11-4-2-3-10(13)12(11)15(16)17/h2-6,14H,7,13H2,1H3. The number of nitro benzene ring substituents is 1. The van der Waals surface area contributed by atoms with E-state index in [0.29, 0.717) is 11.5 Å². The van der Waals surface area contributed by atoms with Gasteiger partial charge in [-0.3, -0.25) is 10.1 Å². The average Bonchev–Trinajstić information content (AvgIpc) is 2.82. The Morgan fingerprint density at radius 2 is 2.05 bits per heavy atom. The van der Waals surface area contributed by atoms with Gasteiger partial charge in [-0.2, -0.15) is 0 Å². The maximum Gasteiger partial charge on any atom is 0.312 e. The van der Waals surface area contributed by atoms with Gasteiger partial charge in [0.05, 0.1) is 11.5 Å². The topological polar surface area (TPSA) is 128 Å². The van der Waals surface area contributed by atoms with Crippen molar-refractivity contribution in [1.82, 2.24) is 4.72 Å². The second-order valence-electron chi connectivity index (χ2n) is 4.29. The third-order valence-electron chi connectivity index (χ3n) is 2.73. The Bertz CT molecular complexity index is 782. The summed E-state index contributed by atoms with van der Waals surface area (Å²) in [6, 6.07) is 7.05. The van der Waals surface area contributed by atoms with Crippen LogP contribution in [0.1, 0.15) is 11.5 Å². The Labute approximate surface area is 120 Å². The third-order valence-corrected chi connectivity index (χ3v) is 4.17. The highest BCUT2D eigenvalue weighted by Crippen LogP contribution is 2.29. The van der Waals surface area contributed by atoms with Gasteiger partial charge in [0.2, 0.25) is 10.0 Å². The van der Waals surface area contributed by atoms with E-state index in [4.69, 9.17) is 10.2 Å². The van der Waals surface area contributed by atoms with E-state index in [1.165, 1.54) is 12.1 Å². The summed E-state index contributed by atoms with van der Waals surface area (Å²) in [5, 5.41) is 11.0. The molecule has 0 atom stereocenters. The summed E-state index contributed by atoms with van der Waals surface area (Å²) < 4.78 is 31.8. The van der Waals surface area contributed by atoms with Crippen molar-refractivity contribution >= 4 is 21.4 Å². The number of nitrogens with two attached hydrogens (primary N) is 1. The van der Waals surface area contributed by atoms with Crippen LogP contribution in [0.25, 0.3) is 0 Å². The summed E-state index contributed by atoms with van der Waals surface area (Å²) in [5.74, 6) is 1.04. The number of hydrogen-bond donors (Lipinski definition) is 2. The normalized spacial score (nSPS) is 11.5. The minimum atomic E-state index is -4.08. The second-order valence-corrected chi connectivity index (χ2v) is 6.02. The molecule has 9 heteroatoms. The van der Waals surface area contributed by atoms with Gasteiger partial charge in [0, 0.05) is 0 Å². The lowest BCUT2D eigenvalue weighted by Gasteiger charge is -2.07. The molecule has 21 heavy (non-hydrogen) atoms. The van der Waals surface area contributed by atoms with Gasteiger partial charge in [-0.1, -0.05) is 6.07 Å². The van der Waals surface area contributed by atoms with Crippen LogP contribution < -0.4 is 10.5 Å². The average molecular weight is 311 g/mol. The van der Waals surface area contributed by atoms with Crippen molar-refractivity contribution in [2.75, 3.05) is 5.73 Å². The molecule has 0 amide bonds. The van der Waals surface area contributed by atoms with Gasteiger partial charge in [0.25, 0.3) is 0 Å². The summed E-state index contributed by atoms with van der Waals surface area (Å²) in [5.41, 5.74) is 4.63. The molecular formula is C12H13N3O5S. The molecule has 2 aromatic rings. The number of aryl methyl sites for hydroxylation is 1. The lowest BCUT2D eigenvalue weighted by Crippen LogP contribution is -2.24. The van der Waals surface area contributed by atoms with Crippen LogP contribution in [0.3, 0.4) is 0 Å². The number of para-hydroxylation sites is 1. The van der Waals surface area contributed by atoms with Crippen molar-refractivity contribution in [2.45, 2.75) is 18.4 Å². The Balaban J connectivity index is 2.32. The highest BCUT2D eigenvalue weighted by atomic mass is 32.2. The first-order valence-corrected chi connectivity index (χ1v) is 7.37. The number of anilines is 1. The first-order valence-electron chi connectivity index (χ1n) is 5.89. The molecule has 0 saturated carbocycles. The van der Waals surface area contributed by atoms with Crippen molar-refractivity contribution in [3.05, 3.63) is 52.0 Å². The van der Waals surface area contributed by atoms with Crippen LogP contribution in [-0.4, -0.2) is 13.3 Å². The van der Waals surface area contributed by atoms with Crippen LogP contribution >= 0.6 is 0 Å².